The number of aromatic nitrogens is 1. The van der Waals surface area contributed by atoms with Gasteiger partial charge in [0.05, 0.1) is 9.80 Å². The minimum atomic E-state index is 0.0160. The predicted molar refractivity (Wildman–Crippen MR) is 110 cm³/mol. The van der Waals surface area contributed by atoms with Crippen molar-refractivity contribution in [3.8, 4) is 11.5 Å². The quantitative estimate of drug-likeness (QED) is 0.267. The molecule has 1 aromatic heterocycles. The Morgan fingerprint density at radius 1 is 0.852 bits per heavy atom. The number of ether oxygens (including phenoxy) is 1. The molecule has 0 bridgehead atoms. The third-order valence-corrected chi connectivity index (χ3v) is 4.84. The number of pyridine rings is 1. The summed E-state index contributed by atoms with van der Waals surface area (Å²) in [7, 11) is 0. The monoisotopic (exact) mass is 488 g/mol. The van der Waals surface area contributed by atoms with Gasteiger partial charge in [-0.3, -0.25) is 9.59 Å². The number of halogens is 2. The molecule has 2 aromatic carbocycles. The van der Waals surface area contributed by atoms with Crippen molar-refractivity contribution >= 4 is 43.4 Å². The van der Waals surface area contributed by atoms with Crippen LogP contribution < -0.4 is 9.30 Å². The van der Waals surface area contributed by atoms with Crippen LogP contribution in [0.4, 0.5) is 0 Å². The van der Waals surface area contributed by atoms with Crippen LogP contribution in [0.3, 0.4) is 0 Å². The van der Waals surface area contributed by atoms with Crippen LogP contribution in [0.1, 0.15) is 20.7 Å². The third-order valence-electron chi connectivity index (χ3n) is 3.86. The molecule has 0 fully saturated rings. The van der Waals surface area contributed by atoms with Gasteiger partial charge in [0, 0.05) is 17.2 Å². The number of hydrogen-bond donors (Lipinski definition) is 0. The van der Waals surface area contributed by atoms with E-state index in [1.54, 1.807) is 48.5 Å². The molecule has 3 rings (SSSR count). The number of carbonyl (C=O) groups excluding carboxylic acids is 2. The molecule has 4 nitrogen and oxygen atoms in total. The van der Waals surface area contributed by atoms with Crippen molar-refractivity contribution in [3.05, 3.63) is 88.7 Å². The number of nitrogens with zero attached hydrogens (tertiary/aromatic N) is 1. The maximum atomic E-state index is 12.4. The van der Waals surface area contributed by atoms with E-state index in [1.165, 1.54) is 0 Å². The number of benzene rings is 2. The SMILES string of the molecule is O=C(CBr)c1ccc(Oc2ccc(C(=O)C[n+]3cccc(Br)c3)cc2)cc1. The molecule has 0 radical (unpaired) electrons. The second kappa shape index (κ2) is 9.06. The molecule has 0 saturated carbocycles. The fourth-order valence-corrected chi connectivity index (χ4v) is 3.22. The second-order valence-electron chi connectivity index (χ2n) is 5.83. The minimum absolute atomic E-state index is 0.0160. The molecule has 6 heteroatoms. The number of rotatable bonds is 7. The Morgan fingerprint density at radius 3 is 1.93 bits per heavy atom. The topological polar surface area (TPSA) is 47.3 Å². The molecule has 27 heavy (non-hydrogen) atoms. The van der Waals surface area contributed by atoms with Crippen LogP contribution in [-0.4, -0.2) is 16.9 Å². The number of carbonyl (C=O) groups is 2. The van der Waals surface area contributed by atoms with Gasteiger partial charge in [0.2, 0.25) is 12.3 Å². The first-order valence-electron chi connectivity index (χ1n) is 8.20. The Morgan fingerprint density at radius 2 is 1.41 bits per heavy atom. The van der Waals surface area contributed by atoms with Gasteiger partial charge >= 0.3 is 0 Å². The summed E-state index contributed by atoms with van der Waals surface area (Å²) >= 11 is 6.55. The largest absolute Gasteiger partial charge is 0.457 e. The van der Waals surface area contributed by atoms with Crippen molar-refractivity contribution < 1.29 is 18.9 Å². The molecule has 0 aliphatic rings. The predicted octanol–water partition coefficient (Wildman–Crippen LogP) is 4.99. The van der Waals surface area contributed by atoms with E-state index in [9.17, 15) is 9.59 Å². The fourth-order valence-electron chi connectivity index (χ4n) is 2.48. The summed E-state index contributed by atoms with van der Waals surface area (Å²) in [6.45, 7) is 0.267. The lowest BCUT2D eigenvalue weighted by Gasteiger charge is -2.07. The normalized spacial score (nSPS) is 10.4. The standard InChI is InChI=1S/C21H16Br2NO3/c22-12-20(25)15-3-7-18(8-4-15)27-19-9-5-16(6-10-19)21(26)14-24-11-1-2-17(23)13-24/h1-11,13H,12,14H2/q+1. The van der Waals surface area contributed by atoms with Gasteiger partial charge in [-0.05, 0) is 70.5 Å². The van der Waals surface area contributed by atoms with Crippen molar-refractivity contribution in [2.45, 2.75) is 6.54 Å². The van der Waals surface area contributed by atoms with Crippen LogP contribution in [0.5, 0.6) is 11.5 Å². The van der Waals surface area contributed by atoms with E-state index in [2.05, 4.69) is 31.9 Å². The van der Waals surface area contributed by atoms with Gasteiger partial charge in [0.1, 0.15) is 11.5 Å². The van der Waals surface area contributed by atoms with Crippen LogP contribution in [0.2, 0.25) is 0 Å². The minimum Gasteiger partial charge on any atom is -0.457 e. The maximum absolute atomic E-state index is 12.4. The highest BCUT2D eigenvalue weighted by atomic mass is 79.9. The average Bonchev–Trinajstić information content (AvgIpc) is 2.68. The highest BCUT2D eigenvalue weighted by Gasteiger charge is 2.12. The van der Waals surface area contributed by atoms with E-state index < -0.39 is 0 Å². The summed E-state index contributed by atoms with van der Waals surface area (Å²) < 4.78 is 8.52. The zero-order chi connectivity index (χ0) is 19.2. The van der Waals surface area contributed by atoms with Gasteiger partial charge in [-0.15, -0.1) is 0 Å². The number of alkyl halides is 1. The van der Waals surface area contributed by atoms with Crippen LogP contribution in [0.25, 0.3) is 0 Å². The highest BCUT2D eigenvalue weighted by Crippen LogP contribution is 2.22. The summed E-state index contributed by atoms with van der Waals surface area (Å²) in [5, 5.41) is 0.293. The Kier molecular flexibility index (Phi) is 6.53. The molecule has 0 amide bonds. The second-order valence-corrected chi connectivity index (χ2v) is 7.30. The summed E-state index contributed by atoms with van der Waals surface area (Å²) in [4.78, 5) is 24.0. The van der Waals surface area contributed by atoms with Gasteiger partial charge in [-0.25, -0.2) is 0 Å². The zero-order valence-electron chi connectivity index (χ0n) is 14.3. The van der Waals surface area contributed by atoms with E-state index in [1.807, 2.05) is 29.1 Å². The molecule has 0 spiro atoms. The van der Waals surface area contributed by atoms with E-state index in [-0.39, 0.29) is 18.1 Å². The zero-order valence-corrected chi connectivity index (χ0v) is 17.4. The molecule has 136 valence electrons. The van der Waals surface area contributed by atoms with Crippen LogP contribution in [0.15, 0.2) is 77.5 Å². The van der Waals surface area contributed by atoms with Gasteiger partial charge in [0.25, 0.3) is 0 Å². The van der Waals surface area contributed by atoms with Gasteiger partial charge in [-0.2, -0.15) is 4.57 Å². The van der Waals surface area contributed by atoms with Crippen LogP contribution >= 0.6 is 31.9 Å². The van der Waals surface area contributed by atoms with Gasteiger partial charge < -0.3 is 4.74 Å². The van der Waals surface area contributed by atoms with Gasteiger partial charge in [0.15, 0.2) is 18.2 Å². The van der Waals surface area contributed by atoms with E-state index in [0.29, 0.717) is 28.0 Å². The Labute approximate surface area is 174 Å². The molecule has 1 heterocycles. The third kappa shape index (κ3) is 5.34. The summed E-state index contributed by atoms with van der Waals surface area (Å²) in [6.07, 6.45) is 3.71. The van der Waals surface area contributed by atoms with Crippen LogP contribution in [0, 0.1) is 0 Å². The molecule has 0 aliphatic heterocycles. The van der Waals surface area contributed by atoms with Crippen molar-refractivity contribution in [3.63, 3.8) is 0 Å². The molecule has 0 N–H and O–H groups in total. The Hall–Kier alpha value is -2.31. The first kappa shape index (κ1) is 19.5. The summed E-state index contributed by atoms with van der Waals surface area (Å²) in [5.74, 6) is 1.29. The van der Waals surface area contributed by atoms with Crippen LogP contribution in [-0.2, 0) is 6.54 Å². The first-order valence-corrected chi connectivity index (χ1v) is 10.1. The number of hydrogen-bond acceptors (Lipinski definition) is 3. The lowest BCUT2D eigenvalue weighted by Crippen LogP contribution is -2.37. The van der Waals surface area contributed by atoms with E-state index in [0.717, 1.165) is 4.47 Å². The molecular formula is C21H16Br2NO3+. The van der Waals surface area contributed by atoms with E-state index in [4.69, 9.17) is 4.74 Å². The summed E-state index contributed by atoms with van der Waals surface area (Å²) in [5.41, 5.74) is 1.25. The summed E-state index contributed by atoms with van der Waals surface area (Å²) in [6, 6.07) is 17.8. The smallest absolute Gasteiger partial charge is 0.227 e. The van der Waals surface area contributed by atoms with E-state index >= 15 is 0 Å². The Bertz CT molecular complexity index is 954. The molecule has 0 aliphatic carbocycles. The Balaban J connectivity index is 1.64. The van der Waals surface area contributed by atoms with Crippen molar-refractivity contribution in [2.75, 3.05) is 5.33 Å². The number of Topliss-reactive ketones (excluding diaryl/α,β-unsaturated/α-hetero) is 2. The molecular weight excluding hydrogens is 474 g/mol. The lowest BCUT2D eigenvalue weighted by molar-refractivity contribution is -0.683. The lowest BCUT2D eigenvalue weighted by atomic mass is 10.1. The van der Waals surface area contributed by atoms with Crippen molar-refractivity contribution in [1.82, 2.24) is 0 Å². The molecule has 0 saturated heterocycles. The average molecular weight is 490 g/mol. The molecule has 0 unspecified atom stereocenters. The molecule has 3 aromatic rings. The first-order chi connectivity index (χ1) is 13.0. The highest BCUT2D eigenvalue weighted by molar-refractivity contribution is 9.10. The number of ketones is 2. The maximum Gasteiger partial charge on any atom is 0.227 e. The van der Waals surface area contributed by atoms with Crippen molar-refractivity contribution in [2.24, 2.45) is 0 Å². The fraction of sp³-hybridized carbons (Fsp3) is 0.0952. The molecule has 0 atom stereocenters. The van der Waals surface area contributed by atoms with Crippen molar-refractivity contribution in [1.29, 1.82) is 0 Å². The van der Waals surface area contributed by atoms with Gasteiger partial charge in [-0.1, -0.05) is 15.9 Å².